The minimum absolute atomic E-state index is 0.0630. The molecule has 0 spiro atoms. The summed E-state index contributed by atoms with van der Waals surface area (Å²) in [6.45, 7) is 2.18. The summed E-state index contributed by atoms with van der Waals surface area (Å²) in [5.41, 5.74) is 8.66. The summed E-state index contributed by atoms with van der Waals surface area (Å²) in [7, 11) is 1.27. The second-order valence-corrected chi connectivity index (χ2v) is 7.03. The first kappa shape index (κ1) is 19.4. The number of aryl methyl sites for hydroxylation is 1. The highest BCUT2D eigenvalue weighted by molar-refractivity contribution is 5.92. The maximum absolute atomic E-state index is 13.6. The van der Waals surface area contributed by atoms with E-state index in [1.165, 1.54) is 7.11 Å². The Morgan fingerprint density at radius 1 is 1.23 bits per heavy atom. The predicted octanol–water partition coefficient (Wildman–Crippen LogP) is 2.47. The molecule has 0 bridgehead atoms. The molecule has 7 heteroatoms. The van der Waals surface area contributed by atoms with E-state index in [4.69, 9.17) is 15.2 Å². The first-order valence-corrected chi connectivity index (χ1v) is 9.45. The van der Waals surface area contributed by atoms with Crippen LogP contribution in [0.2, 0.25) is 0 Å². The molecule has 1 aliphatic rings. The van der Waals surface area contributed by atoms with E-state index in [1.54, 1.807) is 23.0 Å². The fourth-order valence-corrected chi connectivity index (χ4v) is 3.74. The molecule has 4 rings (SSSR count). The minimum atomic E-state index is -0.698. The van der Waals surface area contributed by atoms with Crippen LogP contribution in [0.5, 0.6) is 5.75 Å². The summed E-state index contributed by atoms with van der Waals surface area (Å²) in [6, 6.07) is 14.7. The van der Waals surface area contributed by atoms with Gasteiger partial charge in [-0.3, -0.25) is 9.78 Å². The van der Waals surface area contributed by atoms with E-state index in [2.05, 4.69) is 4.98 Å². The maximum atomic E-state index is 13.6. The lowest BCUT2D eigenvalue weighted by atomic mass is 9.83. The van der Waals surface area contributed by atoms with Gasteiger partial charge >= 0.3 is 5.97 Å². The Morgan fingerprint density at radius 3 is 2.67 bits per heavy atom. The van der Waals surface area contributed by atoms with Gasteiger partial charge in [0.25, 0.3) is 5.56 Å². The molecule has 0 aliphatic carbocycles. The molecule has 0 saturated carbocycles. The summed E-state index contributed by atoms with van der Waals surface area (Å²) in [6.07, 6.45) is 3.40. The van der Waals surface area contributed by atoms with Gasteiger partial charge in [0.05, 0.1) is 25.1 Å². The highest BCUT2D eigenvalue weighted by atomic mass is 16.5. The van der Waals surface area contributed by atoms with Gasteiger partial charge in [0.1, 0.15) is 11.3 Å². The molecule has 3 aromatic rings. The maximum Gasteiger partial charge on any atom is 0.340 e. The Bertz CT molecular complexity index is 1180. The quantitative estimate of drug-likeness (QED) is 0.673. The largest absolute Gasteiger partial charge is 0.465 e. The van der Waals surface area contributed by atoms with Crippen molar-refractivity contribution in [1.29, 1.82) is 0 Å². The number of nitrogens with zero attached hydrogens (tertiary/aromatic N) is 2. The molecular formula is C23H21N3O4. The molecule has 0 unspecified atom stereocenters. The number of esters is 1. The number of rotatable bonds is 4. The Morgan fingerprint density at radius 2 is 2.00 bits per heavy atom. The zero-order valence-corrected chi connectivity index (χ0v) is 16.7. The third kappa shape index (κ3) is 3.34. The molecule has 1 aliphatic heterocycles. The highest BCUT2D eigenvalue weighted by Gasteiger charge is 2.38. The smallest absolute Gasteiger partial charge is 0.340 e. The molecule has 3 heterocycles. The van der Waals surface area contributed by atoms with Crippen LogP contribution in [0.3, 0.4) is 0 Å². The van der Waals surface area contributed by atoms with Gasteiger partial charge in [0.15, 0.2) is 0 Å². The van der Waals surface area contributed by atoms with Crippen LogP contribution in [-0.4, -0.2) is 22.6 Å². The highest BCUT2D eigenvalue weighted by Crippen LogP contribution is 2.41. The number of methoxy groups -OCH3 is 1. The lowest BCUT2D eigenvalue weighted by Gasteiger charge is -2.29. The summed E-state index contributed by atoms with van der Waals surface area (Å²) in [5.74, 6) is -1.05. The molecule has 7 nitrogen and oxygen atoms in total. The van der Waals surface area contributed by atoms with Gasteiger partial charge in [-0.1, -0.05) is 36.4 Å². The first-order valence-electron chi connectivity index (χ1n) is 9.45. The monoisotopic (exact) mass is 403 g/mol. The average molecular weight is 403 g/mol. The number of aromatic nitrogens is 2. The summed E-state index contributed by atoms with van der Waals surface area (Å²) >= 11 is 0. The van der Waals surface area contributed by atoms with Crippen molar-refractivity contribution in [2.45, 2.75) is 19.4 Å². The molecule has 2 aromatic heterocycles. The van der Waals surface area contributed by atoms with E-state index < -0.39 is 11.9 Å². The van der Waals surface area contributed by atoms with Gasteiger partial charge in [0.2, 0.25) is 5.88 Å². The Kier molecular flexibility index (Phi) is 5.10. The molecule has 0 saturated heterocycles. The van der Waals surface area contributed by atoms with E-state index in [0.29, 0.717) is 23.6 Å². The fraction of sp³-hybridized carbons (Fsp3) is 0.174. The standard InChI is InChI=1S/C23H21N3O4/c1-14-11-17-19(22(27)26(14)13-15-7-6-10-25-12-15)18(16-8-4-3-5-9-16)20(21(24)30-17)23(28)29-2/h3-12,18H,13,24H2,1-2H3/t18-/m0/s1. The summed E-state index contributed by atoms with van der Waals surface area (Å²) < 4.78 is 12.3. The Hall–Kier alpha value is -3.87. The van der Waals surface area contributed by atoms with Gasteiger partial charge in [-0.25, -0.2) is 4.79 Å². The van der Waals surface area contributed by atoms with E-state index in [9.17, 15) is 9.59 Å². The molecule has 0 fully saturated rings. The topological polar surface area (TPSA) is 96.4 Å². The lowest BCUT2D eigenvalue weighted by molar-refractivity contribution is -0.136. The van der Waals surface area contributed by atoms with E-state index >= 15 is 0 Å². The van der Waals surface area contributed by atoms with Crippen molar-refractivity contribution in [1.82, 2.24) is 9.55 Å². The number of ether oxygens (including phenoxy) is 2. The average Bonchev–Trinajstić information content (AvgIpc) is 2.76. The van der Waals surface area contributed by atoms with Crippen molar-refractivity contribution in [3.05, 3.63) is 105 Å². The minimum Gasteiger partial charge on any atom is -0.465 e. The van der Waals surface area contributed by atoms with Crippen molar-refractivity contribution < 1.29 is 14.3 Å². The molecule has 30 heavy (non-hydrogen) atoms. The van der Waals surface area contributed by atoms with Crippen LogP contribution in [0.25, 0.3) is 0 Å². The number of fused-ring (bicyclic) bond motifs is 1. The molecule has 0 radical (unpaired) electrons. The van der Waals surface area contributed by atoms with Crippen LogP contribution < -0.4 is 16.0 Å². The predicted molar refractivity (Wildman–Crippen MR) is 111 cm³/mol. The number of benzene rings is 1. The molecule has 1 atom stereocenters. The van der Waals surface area contributed by atoms with Crippen LogP contribution in [0.1, 0.15) is 28.3 Å². The van der Waals surface area contributed by atoms with Crippen molar-refractivity contribution in [3.8, 4) is 5.75 Å². The van der Waals surface area contributed by atoms with Crippen LogP contribution in [0.15, 0.2) is 77.2 Å². The van der Waals surface area contributed by atoms with Gasteiger partial charge < -0.3 is 19.8 Å². The number of nitrogens with two attached hydrogens (primary N) is 1. The zero-order valence-electron chi connectivity index (χ0n) is 16.7. The van der Waals surface area contributed by atoms with E-state index in [0.717, 1.165) is 11.1 Å². The van der Waals surface area contributed by atoms with E-state index in [-0.39, 0.29) is 17.0 Å². The first-order chi connectivity index (χ1) is 14.5. The van der Waals surface area contributed by atoms with Crippen molar-refractivity contribution >= 4 is 5.97 Å². The summed E-state index contributed by atoms with van der Waals surface area (Å²) in [4.78, 5) is 30.3. The van der Waals surface area contributed by atoms with E-state index in [1.807, 2.05) is 49.4 Å². The molecule has 0 amide bonds. The lowest BCUT2D eigenvalue weighted by Crippen LogP contribution is -2.35. The van der Waals surface area contributed by atoms with Gasteiger partial charge in [-0.15, -0.1) is 0 Å². The van der Waals surface area contributed by atoms with Crippen molar-refractivity contribution in [3.63, 3.8) is 0 Å². The van der Waals surface area contributed by atoms with Crippen LogP contribution in [0, 0.1) is 6.92 Å². The number of hydrogen-bond acceptors (Lipinski definition) is 6. The number of carbonyl (C=O) groups is 1. The zero-order chi connectivity index (χ0) is 21.3. The number of carbonyl (C=O) groups excluding carboxylic acids is 1. The molecule has 2 N–H and O–H groups in total. The van der Waals surface area contributed by atoms with Gasteiger partial charge in [-0.05, 0) is 24.1 Å². The molecule has 152 valence electrons. The second kappa shape index (κ2) is 7.87. The van der Waals surface area contributed by atoms with Crippen LogP contribution in [-0.2, 0) is 16.1 Å². The molecule has 1 aromatic carbocycles. The second-order valence-electron chi connectivity index (χ2n) is 7.03. The fourth-order valence-electron chi connectivity index (χ4n) is 3.74. The molecular weight excluding hydrogens is 382 g/mol. The number of hydrogen-bond donors (Lipinski definition) is 1. The van der Waals surface area contributed by atoms with Crippen LogP contribution >= 0.6 is 0 Å². The third-order valence-electron chi connectivity index (χ3n) is 5.17. The van der Waals surface area contributed by atoms with Gasteiger partial charge in [-0.2, -0.15) is 0 Å². The Balaban J connectivity index is 1.94. The van der Waals surface area contributed by atoms with Crippen molar-refractivity contribution in [2.24, 2.45) is 5.73 Å². The van der Waals surface area contributed by atoms with Crippen LogP contribution in [0.4, 0.5) is 0 Å². The Labute approximate surface area is 173 Å². The van der Waals surface area contributed by atoms with Gasteiger partial charge in [0, 0.05) is 24.2 Å². The normalized spacial score (nSPS) is 15.3. The SMILES string of the molecule is COC(=O)C1=C(N)Oc2cc(C)n(Cc3cccnc3)c(=O)c2[C@@H]1c1ccccc1. The number of pyridine rings is 2. The summed E-state index contributed by atoms with van der Waals surface area (Å²) in [5, 5.41) is 0. The third-order valence-corrected chi connectivity index (χ3v) is 5.17. The van der Waals surface area contributed by atoms with Crippen molar-refractivity contribution in [2.75, 3.05) is 7.11 Å².